The van der Waals surface area contributed by atoms with Gasteiger partial charge in [0.2, 0.25) is 5.78 Å². The molecule has 1 amide bonds. The highest BCUT2D eigenvalue weighted by Crippen LogP contribution is 2.40. The number of ketones is 1. The molecule has 0 aliphatic carbocycles. The molecule has 2 aromatic rings. The molecule has 3 rings (SSSR count). The number of carbonyl (C=O) groups excluding carboxylic acids is 2. The van der Waals surface area contributed by atoms with Crippen LogP contribution in [0.15, 0.2) is 71.1 Å². The van der Waals surface area contributed by atoms with Gasteiger partial charge in [0.25, 0.3) is 5.91 Å². The molecule has 1 aromatic heterocycles. The van der Waals surface area contributed by atoms with Gasteiger partial charge in [0.1, 0.15) is 12.4 Å². The van der Waals surface area contributed by atoms with Gasteiger partial charge in [0, 0.05) is 6.54 Å². The Kier molecular flexibility index (Phi) is 7.89. The molecule has 0 saturated heterocycles. The number of Topliss-reactive ketones (excluding diaryl/α,β-unsaturated/α-hetero) is 1. The van der Waals surface area contributed by atoms with Crippen molar-refractivity contribution >= 4 is 11.7 Å². The number of hydrogen-bond acceptors (Lipinski definition) is 6. The highest BCUT2D eigenvalue weighted by Gasteiger charge is 2.44. The number of hydrogen-bond donors (Lipinski definition) is 1. The van der Waals surface area contributed by atoms with Crippen molar-refractivity contribution < 1.29 is 23.8 Å². The summed E-state index contributed by atoms with van der Waals surface area (Å²) in [5.74, 6) is -0.921. The van der Waals surface area contributed by atoms with Gasteiger partial charge in [0.15, 0.2) is 11.5 Å². The first-order valence-electron chi connectivity index (χ1n) is 10.9. The Bertz CT molecular complexity index is 976. The van der Waals surface area contributed by atoms with Gasteiger partial charge >= 0.3 is 0 Å². The van der Waals surface area contributed by atoms with E-state index in [1.165, 1.54) is 12.3 Å². The van der Waals surface area contributed by atoms with Crippen LogP contribution >= 0.6 is 0 Å². The fourth-order valence-electron chi connectivity index (χ4n) is 3.94. The molecule has 0 spiro atoms. The lowest BCUT2D eigenvalue weighted by Gasteiger charge is -2.28. The van der Waals surface area contributed by atoms with Crippen LogP contribution in [-0.4, -0.2) is 59.4 Å². The van der Waals surface area contributed by atoms with E-state index in [-0.39, 0.29) is 11.3 Å². The zero-order valence-corrected chi connectivity index (χ0v) is 18.6. The average Bonchev–Trinajstić information content (AvgIpc) is 3.43. The van der Waals surface area contributed by atoms with Crippen LogP contribution < -0.4 is 4.74 Å². The van der Waals surface area contributed by atoms with Crippen LogP contribution in [0.5, 0.6) is 5.75 Å². The molecule has 1 aliphatic heterocycles. The quantitative estimate of drug-likeness (QED) is 0.396. The van der Waals surface area contributed by atoms with Gasteiger partial charge in [-0.25, -0.2) is 0 Å². The summed E-state index contributed by atoms with van der Waals surface area (Å²) in [4.78, 5) is 30.0. The maximum Gasteiger partial charge on any atom is 0.290 e. The van der Waals surface area contributed by atoms with E-state index in [1.54, 1.807) is 35.2 Å². The van der Waals surface area contributed by atoms with E-state index in [4.69, 9.17) is 9.15 Å². The van der Waals surface area contributed by atoms with E-state index in [2.05, 4.69) is 25.3 Å². The van der Waals surface area contributed by atoms with Crippen LogP contribution in [0.2, 0.25) is 0 Å². The minimum absolute atomic E-state index is 0.0219. The Morgan fingerprint density at radius 3 is 2.72 bits per heavy atom. The van der Waals surface area contributed by atoms with Crippen molar-refractivity contribution in [1.29, 1.82) is 0 Å². The molecule has 170 valence electrons. The van der Waals surface area contributed by atoms with E-state index in [1.807, 2.05) is 6.07 Å². The average molecular weight is 439 g/mol. The fourth-order valence-corrected chi connectivity index (χ4v) is 3.94. The minimum atomic E-state index is -0.732. The Hall–Kier alpha value is -3.32. The van der Waals surface area contributed by atoms with Crippen LogP contribution in [0, 0.1) is 0 Å². The molecule has 0 saturated carbocycles. The molecule has 2 heterocycles. The minimum Gasteiger partial charge on any atom is -0.503 e. The number of carbonyl (C=O) groups is 2. The number of aliphatic hydroxyl groups is 1. The molecule has 1 atom stereocenters. The number of benzene rings is 1. The lowest BCUT2D eigenvalue weighted by Crippen LogP contribution is -2.34. The first kappa shape index (κ1) is 23.3. The molecule has 0 fully saturated rings. The van der Waals surface area contributed by atoms with E-state index in [0.717, 1.165) is 19.6 Å². The lowest BCUT2D eigenvalue weighted by molar-refractivity contribution is -0.129. The SMILES string of the molecule is C=CCOc1cccc([C@@H]2C(C(=O)c3ccco3)=C(O)C(=O)N2CCCN(CC)CC)c1. The monoisotopic (exact) mass is 438 g/mol. The van der Waals surface area contributed by atoms with Crippen molar-refractivity contribution in [3.05, 3.63) is 78.0 Å². The third-order valence-corrected chi connectivity index (χ3v) is 5.60. The Morgan fingerprint density at radius 2 is 2.06 bits per heavy atom. The lowest BCUT2D eigenvalue weighted by atomic mass is 9.95. The summed E-state index contributed by atoms with van der Waals surface area (Å²) < 4.78 is 10.9. The second kappa shape index (κ2) is 10.8. The van der Waals surface area contributed by atoms with Crippen molar-refractivity contribution in [3.8, 4) is 5.75 Å². The van der Waals surface area contributed by atoms with Crippen LogP contribution in [0.1, 0.15) is 42.4 Å². The molecule has 0 radical (unpaired) electrons. The molecule has 1 aliphatic rings. The molecular weight excluding hydrogens is 408 g/mol. The maximum atomic E-state index is 13.2. The van der Waals surface area contributed by atoms with Gasteiger partial charge < -0.3 is 24.1 Å². The number of furan rings is 1. The maximum absolute atomic E-state index is 13.2. The van der Waals surface area contributed by atoms with Crippen molar-refractivity contribution in [1.82, 2.24) is 9.80 Å². The number of rotatable bonds is 12. The first-order chi connectivity index (χ1) is 15.5. The van der Waals surface area contributed by atoms with Crippen molar-refractivity contribution in [2.24, 2.45) is 0 Å². The molecule has 1 N–H and O–H groups in total. The number of aliphatic hydroxyl groups excluding tert-OH is 1. The van der Waals surface area contributed by atoms with Crippen LogP contribution in [-0.2, 0) is 4.79 Å². The first-order valence-corrected chi connectivity index (χ1v) is 10.9. The van der Waals surface area contributed by atoms with Crippen molar-refractivity contribution in [2.75, 3.05) is 32.8 Å². The predicted molar refractivity (Wildman–Crippen MR) is 122 cm³/mol. The van der Waals surface area contributed by atoms with Gasteiger partial charge in [-0.2, -0.15) is 0 Å². The van der Waals surface area contributed by atoms with Crippen LogP contribution in [0.3, 0.4) is 0 Å². The third kappa shape index (κ3) is 4.94. The summed E-state index contributed by atoms with van der Waals surface area (Å²) in [5, 5.41) is 10.7. The van der Waals surface area contributed by atoms with Crippen LogP contribution in [0.4, 0.5) is 0 Å². The number of ether oxygens (including phenoxy) is 1. The molecule has 7 heteroatoms. The topological polar surface area (TPSA) is 83.2 Å². The highest BCUT2D eigenvalue weighted by atomic mass is 16.5. The van der Waals surface area contributed by atoms with E-state index in [0.29, 0.717) is 30.9 Å². The highest BCUT2D eigenvalue weighted by molar-refractivity contribution is 6.15. The molecule has 32 heavy (non-hydrogen) atoms. The van der Waals surface area contributed by atoms with Gasteiger partial charge in [-0.15, -0.1) is 0 Å². The molecular formula is C25H30N2O5. The standard InChI is InChI=1S/C25H30N2O5/c1-4-15-31-19-11-7-10-18(17-19)22-21(23(28)20-12-8-16-32-20)24(29)25(30)27(22)14-9-13-26(5-2)6-3/h4,7-8,10-12,16-17,22,29H,1,5-6,9,13-15H2,2-3H3/t22-/m1/s1. The Balaban J connectivity index is 1.95. The van der Waals surface area contributed by atoms with Gasteiger partial charge in [0.05, 0.1) is 17.9 Å². The second-order valence-electron chi connectivity index (χ2n) is 7.52. The third-order valence-electron chi connectivity index (χ3n) is 5.60. The molecule has 0 unspecified atom stereocenters. The summed E-state index contributed by atoms with van der Waals surface area (Å²) in [6, 6.07) is 9.60. The van der Waals surface area contributed by atoms with Crippen molar-refractivity contribution in [3.63, 3.8) is 0 Å². The Morgan fingerprint density at radius 1 is 1.28 bits per heavy atom. The largest absolute Gasteiger partial charge is 0.503 e. The van der Waals surface area contributed by atoms with Crippen LogP contribution in [0.25, 0.3) is 0 Å². The fraction of sp³-hybridized carbons (Fsp3) is 0.360. The van der Waals surface area contributed by atoms with E-state index >= 15 is 0 Å². The zero-order chi connectivity index (χ0) is 23.1. The molecule has 1 aromatic carbocycles. The van der Waals surface area contributed by atoms with Gasteiger partial charge in [-0.3, -0.25) is 9.59 Å². The number of amides is 1. The summed E-state index contributed by atoms with van der Waals surface area (Å²) >= 11 is 0. The zero-order valence-electron chi connectivity index (χ0n) is 18.6. The molecule has 0 bridgehead atoms. The van der Waals surface area contributed by atoms with Gasteiger partial charge in [-0.05, 0) is 55.9 Å². The number of nitrogens with zero attached hydrogens (tertiary/aromatic N) is 2. The van der Waals surface area contributed by atoms with Crippen molar-refractivity contribution in [2.45, 2.75) is 26.3 Å². The predicted octanol–water partition coefficient (Wildman–Crippen LogP) is 4.15. The summed E-state index contributed by atoms with van der Waals surface area (Å²) in [6.07, 6.45) is 3.75. The van der Waals surface area contributed by atoms with E-state index < -0.39 is 23.5 Å². The normalized spacial score (nSPS) is 16.2. The second-order valence-corrected chi connectivity index (χ2v) is 7.52. The Labute approximate surface area is 188 Å². The summed E-state index contributed by atoms with van der Waals surface area (Å²) in [5.41, 5.74) is 0.704. The summed E-state index contributed by atoms with van der Waals surface area (Å²) in [7, 11) is 0. The molecule has 7 nitrogen and oxygen atoms in total. The smallest absolute Gasteiger partial charge is 0.290 e. The van der Waals surface area contributed by atoms with Gasteiger partial charge in [-0.1, -0.05) is 38.6 Å². The summed E-state index contributed by atoms with van der Waals surface area (Å²) in [6.45, 7) is 11.2. The van der Waals surface area contributed by atoms with E-state index in [9.17, 15) is 14.7 Å².